The van der Waals surface area contributed by atoms with Gasteiger partial charge in [0.25, 0.3) is 0 Å². The van der Waals surface area contributed by atoms with Gasteiger partial charge in [-0.3, -0.25) is 4.79 Å². The summed E-state index contributed by atoms with van der Waals surface area (Å²) in [5.41, 5.74) is 2.77. The third-order valence-corrected chi connectivity index (χ3v) is 3.72. The van der Waals surface area contributed by atoms with Gasteiger partial charge in [-0.05, 0) is 36.8 Å². The fraction of sp³-hybridized carbons (Fsp3) is 0.286. The zero-order valence-electron chi connectivity index (χ0n) is 8.90. The lowest BCUT2D eigenvalue weighted by Gasteiger charge is -2.17. The summed E-state index contributed by atoms with van der Waals surface area (Å²) >= 11 is 5.46. The van der Waals surface area contributed by atoms with Crippen LogP contribution in [0.15, 0.2) is 35.9 Å². The molecule has 0 aromatic heterocycles. The van der Waals surface area contributed by atoms with Crippen molar-refractivity contribution in [3.63, 3.8) is 0 Å². The number of thiocarbonyl (C=S) groups is 1. The second-order valence-electron chi connectivity index (χ2n) is 4.56. The van der Waals surface area contributed by atoms with Crippen molar-refractivity contribution in [3.05, 3.63) is 47.0 Å². The summed E-state index contributed by atoms with van der Waals surface area (Å²) in [5.74, 6) is 0.877. The predicted octanol–water partition coefficient (Wildman–Crippen LogP) is 3.33. The average molecular weight is 228 g/mol. The molecule has 2 aliphatic rings. The predicted molar refractivity (Wildman–Crippen MR) is 67.9 cm³/mol. The molecule has 0 heterocycles. The molecule has 1 nitrogen and oxygen atoms in total. The number of fused-ring (bicyclic) bond motifs is 1. The van der Waals surface area contributed by atoms with E-state index in [1.165, 1.54) is 12.8 Å². The van der Waals surface area contributed by atoms with Gasteiger partial charge in [-0.25, -0.2) is 0 Å². The summed E-state index contributed by atoms with van der Waals surface area (Å²) in [6.07, 6.45) is 5.30. The summed E-state index contributed by atoms with van der Waals surface area (Å²) in [6, 6.07) is 7.64. The molecule has 1 aromatic carbocycles. The molecule has 0 atom stereocenters. The van der Waals surface area contributed by atoms with Gasteiger partial charge < -0.3 is 0 Å². The SMILES string of the molecule is O=C1C=C(CC2CC2)C(=S)c2ccccc21. The second-order valence-corrected chi connectivity index (χ2v) is 4.96. The monoisotopic (exact) mass is 228 g/mol. The van der Waals surface area contributed by atoms with Gasteiger partial charge in [0, 0.05) is 16.0 Å². The van der Waals surface area contributed by atoms with Crippen molar-refractivity contribution >= 4 is 22.9 Å². The lowest BCUT2D eigenvalue weighted by atomic mass is 9.88. The molecule has 1 fully saturated rings. The van der Waals surface area contributed by atoms with Crippen LogP contribution in [0.1, 0.15) is 35.2 Å². The highest BCUT2D eigenvalue weighted by atomic mass is 32.1. The van der Waals surface area contributed by atoms with Crippen molar-refractivity contribution in [2.24, 2.45) is 5.92 Å². The molecule has 0 radical (unpaired) electrons. The van der Waals surface area contributed by atoms with Gasteiger partial charge in [0.2, 0.25) is 0 Å². The first kappa shape index (κ1) is 9.91. The number of ketones is 1. The number of benzene rings is 1. The van der Waals surface area contributed by atoms with Gasteiger partial charge in [-0.1, -0.05) is 36.5 Å². The smallest absolute Gasteiger partial charge is 0.186 e. The van der Waals surface area contributed by atoms with Crippen LogP contribution in [0.3, 0.4) is 0 Å². The Balaban J connectivity index is 2.00. The molecule has 0 N–H and O–H groups in total. The van der Waals surface area contributed by atoms with Crippen LogP contribution >= 0.6 is 12.2 Å². The molecule has 16 heavy (non-hydrogen) atoms. The van der Waals surface area contributed by atoms with Crippen molar-refractivity contribution in [3.8, 4) is 0 Å². The molecule has 0 aliphatic heterocycles. The molecule has 0 unspecified atom stereocenters. The lowest BCUT2D eigenvalue weighted by molar-refractivity contribution is 0.104. The van der Waals surface area contributed by atoms with Crippen LogP contribution in [-0.4, -0.2) is 10.6 Å². The fourth-order valence-electron chi connectivity index (χ4n) is 2.16. The van der Waals surface area contributed by atoms with E-state index >= 15 is 0 Å². The largest absolute Gasteiger partial charge is 0.289 e. The molecule has 0 saturated heterocycles. The maximum absolute atomic E-state index is 11.9. The molecule has 80 valence electrons. The van der Waals surface area contributed by atoms with Crippen LogP contribution in [0.5, 0.6) is 0 Å². The van der Waals surface area contributed by atoms with Crippen LogP contribution < -0.4 is 0 Å². The Hall–Kier alpha value is -1.28. The molecule has 2 aliphatic carbocycles. The van der Waals surface area contributed by atoms with E-state index in [4.69, 9.17) is 12.2 Å². The van der Waals surface area contributed by atoms with Gasteiger partial charge in [-0.15, -0.1) is 0 Å². The van der Waals surface area contributed by atoms with E-state index in [-0.39, 0.29) is 5.78 Å². The minimum atomic E-state index is 0.111. The minimum absolute atomic E-state index is 0.111. The standard InChI is InChI=1S/C14H12OS/c15-13-8-10(7-9-5-6-9)14(16)12-4-2-1-3-11(12)13/h1-4,8-9H,5-7H2. The Morgan fingerprint density at radius 2 is 1.88 bits per heavy atom. The van der Waals surface area contributed by atoms with Crippen LogP contribution in [0.4, 0.5) is 0 Å². The molecule has 0 spiro atoms. The number of rotatable bonds is 2. The minimum Gasteiger partial charge on any atom is -0.289 e. The molecule has 1 saturated carbocycles. The van der Waals surface area contributed by atoms with Crippen molar-refractivity contribution in [2.75, 3.05) is 0 Å². The van der Waals surface area contributed by atoms with Gasteiger partial charge in [0.15, 0.2) is 5.78 Å². The molecular weight excluding hydrogens is 216 g/mol. The highest BCUT2D eigenvalue weighted by molar-refractivity contribution is 7.81. The topological polar surface area (TPSA) is 17.1 Å². The third kappa shape index (κ3) is 1.63. The Kier molecular flexibility index (Phi) is 2.25. The average Bonchev–Trinajstić information content (AvgIpc) is 3.10. The van der Waals surface area contributed by atoms with E-state index in [2.05, 4.69) is 0 Å². The summed E-state index contributed by atoms with van der Waals surface area (Å²) in [5, 5.41) is 0. The highest BCUT2D eigenvalue weighted by Gasteiger charge is 2.28. The van der Waals surface area contributed by atoms with Crippen molar-refractivity contribution in [2.45, 2.75) is 19.3 Å². The van der Waals surface area contributed by atoms with Crippen molar-refractivity contribution in [1.82, 2.24) is 0 Å². The second kappa shape index (κ2) is 3.63. The first-order chi connectivity index (χ1) is 7.75. The molecular formula is C14H12OS. The van der Waals surface area contributed by atoms with E-state index < -0.39 is 0 Å². The van der Waals surface area contributed by atoms with E-state index in [1.807, 2.05) is 24.3 Å². The Morgan fingerprint density at radius 1 is 1.19 bits per heavy atom. The molecule has 1 aromatic rings. The Labute approximate surface area is 100 Å². The quantitative estimate of drug-likeness (QED) is 0.722. The number of allylic oxidation sites excluding steroid dienone is 2. The lowest BCUT2D eigenvalue weighted by Crippen LogP contribution is -2.16. The summed E-state index contributed by atoms with van der Waals surface area (Å²) in [6.45, 7) is 0. The van der Waals surface area contributed by atoms with Gasteiger partial charge in [0.05, 0.1) is 0 Å². The highest BCUT2D eigenvalue weighted by Crippen LogP contribution is 2.37. The molecule has 0 bridgehead atoms. The number of carbonyl (C=O) groups excluding carboxylic acids is 1. The van der Waals surface area contributed by atoms with Gasteiger partial charge in [-0.2, -0.15) is 0 Å². The Morgan fingerprint density at radius 3 is 2.56 bits per heavy atom. The van der Waals surface area contributed by atoms with E-state index in [1.54, 1.807) is 6.08 Å². The third-order valence-electron chi connectivity index (χ3n) is 3.24. The van der Waals surface area contributed by atoms with Crippen LogP contribution in [0, 0.1) is 5.92 Å². The van der Waals surface area contributed by atoms with Crippen molar-refractivity contribution < 1.29 is 4.79 Å². The molecule has 2 heteroatoms. The maximum Gasteiger partial charge on any atom is 0.186 e. The first-order valence-electron chi connectivity index (χ1n) is 5.64. The normalized spacial score (nSPS) is 19.4. The maximum atomic E-state index is 11.9. The van der Waals surface area contributed by atoms with Crippen molar-refractivity contribution in [1.29, 1.82) is 0 Å². The summed E-state index contributed by atoms with van der Waals surface area (Å²) in [7, 11) is 0. The Bertz CT molecular complexity index is 509. The van der Waals surface area contributed by atoms with Gasteiger partial charge >= 0.3 is 0 Å². The first-order valence-corrected chi connectivity index (χ1v) is 6.05. The van der Waals surface area contributed by atoms with E-state index in [0.717, 1.165) is 33.9 Å². The van der Waals surface area contributed by atoms with E-state index in [9.17, 15) is 4.79 Å². The fourth-order valence-corrected chi connectivity index (χ4v) is 2.48. The number of carbonyl (C=O) groups is 1. The number of hydrogen-bond acceptors (Lipinski definition) is 2. The molecule has 3 rings (SSSR count). The summed E-state index contributed by atoms with van der Waals surface area (Å²) < 4.78 is 0. The summed E-state index contributed by atoms with van der Waals surface area (Å²) in [4.78, 5) is 12.8. The van der Waals surface area contributed by atoms with Gasteiger partial charge in [0.1, 0.15) is 0 Å². The molecule has 0 amide bonds. The van der Waals surface area contributed by atoms with Crippen LogP contribution in [-0.2, 0) is 0 Å². The van der Waals surface area contributed by atoms with Crippen LogP contribution in [0.25, 0.3) is 0 Å². The number of hydrogen-bond donors (Lipinski definition) is 0. The van der Waals surface area contributed by atoms with E-state index in [0.29, 0.717) is 0 Å². The zero-order chi connectivity index (χ0) is 11.1. The zero-order valence-corrected chi connectivity index (χ0v) is 9.72. The van der Waals surface area contributed by atoms with Crippen LogP contribution in [0.2, 0.25) is 0 Å².